The van der Waals surface area contributed by atoms with E-state index in [1.165, 1.54) is 0 Å². The maximum absolute atomic E-state index is 11.2. The minimum absolute atomic E-state index is 0.176. The van der Waals surface area contributed by atoms with Crippen molar-refractivity contribution in [1.82, 2.24) is 0 Å². The van der Waals surface area contributed by atoms with Crippen molar-refractivity contribution in [2.45, 2.75) is 43.1 Å². The second kappa shape index (κ2) is 4.55. The van der Waals surface area contributed by atoms with Crippen LogP contribution in [0.15, 0.2) is 0 Å². The number of rotatable bonds is 5. The molecule has 2 fully saturated rings. The summed E-state index contributed by atoms with van der Waals surface area (Å²) in [4.78, 5) is 11.2. The highest BCUT2D eigenvalue weighted by molar-refractivity contribution is 8.00. The molecule has 2 aliphatic rings. The molecule has 92 valence electrons. The molecule has 3 unspecified atom stereocenters. The van der Waals surface area contributed by atoms with Crippen LogP contribution in [0.1, 0.15) is 26.2 Å². The molecule has 1 aliphatic carbocycles. The summed E-state index contributed by atoms with van der Waals surface area (Å²) in [6.07, 6.45) is 3.15. The van der Waals surface area contributed by atoms with Gasteiger partial charge in [-0.1, -0.05) is 0 Å². The van der Waals surface area contributed by atoms with Crippen molar-refractivity contribution in [3.8, 4) is 0 Å². The first-order valence-corrected chi connectivity index (χ1v) is 6.84. The Labute approximate surface area is 99.9 Å². The van der Waals surface area contributed by atoms with E-state index in [1.807, 2.05) is 6.92 Å². The van der Waals surface area contributed by atoms with Crippen molar-refractivity contribution in [2.75, 3.05) is 12.4 Å². The Balaban J connectivity index is 1.89. The van der Waals surface area contributed by atoms with Crippen LogP contribution in [0.4, 0.5) is 0 Å². The number of aliphatic carboxylic acids is 1. The van der Waals surface area contributed by atoms with Crippen LogP contribution in [0.2, 0.25) is 0 Å². The maximum Gasteiger partial charge on any atom is 0.324 e. The molecule has 16 heavy (non-hydrogen) atoms. The second-order valence-electron chi connectivity index (χ2n) is 4.83. The van der Waals surface area contributed by atoms with Gasteiger partial charge in [-0.3, -0.25) is 4.79 Å². The molecule has 0 spiro atoms. The summed E-state index contributed by atoms with van der Waals surface area (Å²) in [5.41, 5.74) is 4.99. The standard InChI is InChI=1S/C11H19NO3S/c1-7-9(4-5-15-7)16-6-11(12,10(13)14)8-2-3-8/h7-9H,2-6,12H2,1H3,(H,13,14). The van der Waals surface area contributed by atoms with Gasteiger partial charge >= 0.3 is 5.97 Å². The number of hydrogen-bond donors (Lipinski definition) is 2. The highest BCUT2D eigenvalue weighted by atomic mass is 32.2. The molecular formula is C11H19NO3S. The Morgan fingerprint density at radius 1 is 1.56 bits per heavy atom. The molecule has 1 saturated heterocycles. The van der Waals surface area contributed by atoms with Gasteiger partial charge in [0.15, 0.2) is 0 Å². The largest absolute Gasteiger partial charge is 0.480 e. The van der Waals surface area contributed by atoms with Crippen LogP contribution < -0.4 is 5.73 Å². The summed E-state index contributed by atoms with van der Waals surface area (Å²) in [6, 6.07) is 0. The molecule has 4 nitrogen and oxygen atoms in total. The van der Waals surface area contributed by atoms with Crippen molar-refractivity contribution in [3.63, 3.8) is 0 Å². The molecule has 2 rings (SSSR count). The quantitative estimate of drug-likeness (QED) is 0.758. The van der Waals surface area contributed by atoms with E-state index < -0.39 is 11.5 Å². The van der Waals surface area contributed by atoms with Crippen LogP contribution in [-0.4, -0.2) is 40.3 Å². The van der Waals surface area contributed by atoms with Crippen LogP contribution in [0, 0.1) is 5.92 Å². The Morgan fingerprint density at radius 2 is 2.25 bits per heavy atom. The van der Waals surface area contributed by atoms with Crippen LogP contribution in [0.3, 0.4) is 0 Å². The van der Waals surface area contributed by atoms with Gasteiger partial charge < -0.3 is 15.6 Å². The molecule has 3 N–H and O–H groups in total. The van der Waals surface area contributed by atoms with Gasteiger partial charge in [-0.05, 0) is 32.1 Å². The Bertz CT molecular complexity index is 282. The molecule has 3 atom stereocenters. The molecule has 1 saturated carbocycles. The fourth-order valence-corrected chi connectivity index (χ4v) is 3.59. The van der Waals surface area contributed by atoms with E-state index in [0.29, 0.717) is 11.0 Å². The van der Waals surface area contributed by atoms with Crippen molar-refractivity contribution < 1.29 is 14.6 Å². The van der Waals surface area contributed by atoms with Gasteiger partial charge in [-0.15, -0.1) is 0 Å². The van der Waals surface area contributed by atoms with Gasteiger partial charge in [0.1, 0.15) is 5.54 Å². The minimum Gasteiger partial charge on any atom is -0.480 e. The monoisotopic (exact) mass is 245 g/mol. The van der Waals surface area contributed by atoms with Gasteiger partial charge in [0, 0.05) is 17.6 Å². The van der Waals surface area contributed by atoms with Crippen LogP contribution in [0.5, 0.6) is 0 Å². The van der Waals surface area contributed by atoms with Crippen LogP contribution in [-0.2, 0) is 9.53 Å². The zero-order chi connectivity index (χ0) is 11.8. The van der Waals surface area contributed by atoms with Crippen molar-refractivity contribution in [1.29, 1.82) is 0 Å². The van der Waals surface area contributed by atoms with Gasteiger partial charge in [-0.2, -0.15) is 11.8 Å². The summed E-state index contributed by atoms with van der Waals surface area (Å²) >= 11 is 1.66. The lowest BCUT2D eigenvalue weighted by molar-refractivity contribution is -0.143. The first-order valence-electron chi connectivity index (χ1n) is 5.79. The Morgan fingerprint density at radius 3 is 2.69 bits per heavy atom. The highest BCUT2D eigenvalue weighted by Crippen LogP contribution is 2.41. The maximum atomic E-state index is 11.2. The number of thioether (sulfide) groups is 1. The number of nitrogens with two attached hydrogens (primary N) is 1. The zero-order valence-corrected chi connectivity index (χ0v) is 10.3. The Kier molecular flexibility index (Phi) is 3.47. The van der Waals surface area contributed by atoms with E-state index in [-0.39, 0.29) is 12.0 Å². The van der Waals surface area contributed by atoms with Gasteiger partial charge in [0.2, 0.25) is 0 Å². The first kappa shape index (κ1) is 12.2. The fourth-order valence-electron chi connectivity index (χ4n) is 2.13. The molecule has 0 amide bonds. The van der Waals surface area contributed by atoms with E-state index in [9.17, 15) is 9.90 Å². The fraction of sp³-hybridized carbons (Fsp3) is 0.909. The molecule has 1 aliphatic heterocycles. The van der Waals surface area contributed by atoms with Crippen molar-refractivity contribution >= 4 is 17.7 Å². The lowest BCUT2D eigenvalue weighted by Gasteiger charge is -2.26. The number of ether oxygens (including phenoxy) is 1. The number of carbonyl (C=O) groups is 1. The summed E-state index contributed by atoms with van der Waals surface area (Å²) in [6.45, 7) is 2.83. The van der Waals surface area contributed by atoms with Crippen LogP contribution in [0.25, 0.3) is 0 Å². The SMILES string of the molecule is CC1OCCC1SCC(N)(C(=O)O)C1CC1. The molecule has 0 aromatic heterocycles. The third-order valence-corrected chi connectivity index (χ3v) is 5.24. The molecule has 0 radical (unpaired) electrons. The third kappa shape index (κ3) is 2.36. The zero-order valence-electron chi connectivity index (χ0n) is 9.52. The lowest BCUT2D eigenvalue weighted by Crippen LogP contribution is -2.53. The molecule has 0 aromatic rings. The van der Waals surface area contributed by atoms with Gasteiger partial charge in [0.05, 0.1) is 6.10 Å². The predicted molar refractivity (Wildman–Crippen MR) is 63.6 cm³/mol. The van der Waals surface area contributed by atoms with E-state index >= 15 is 0 Å². The predicted octanol–water partition coefficient (Wildman–Crippen LogP) is 1.09. The highest BCUT2D eigenvalue weighted by Gasteiger charge is 2.48. The smallest absolute Gasteiger partial charge is 0.324 e. The summed E-state index contributed by atoms with van der Waals surface area (Å²) < 4.78 is 5.46. The number of carboxylic acids is 1. The van der Waals surface area contributed by atoms with E-state index in [2.05, 4.69) is 0 Å². The molecule has 5 heteroatoms. The summed E-state index contributed by atoms with van der Waals surface area (Å²) in [7, 11) is 0. The average Bonchev–Trinajstić information content (AvgIpc) is 3.00. The van der Waals surface area contributed by atoms with Gasteiger partial charge in [-0.25, -0.2) is 0 Å². The van der Waals surface area contributed by atoms with Gasteiger partial charge in [0.25, 0.3) is 0 Å². The average molecular weight is 245 g/mol. The minimum atomic E-state index is -1.02. The van der Waals surface area contributed by atoms with Crippen molar-refractivity contribution in [3.05, 3.63) is 0 Å². The normalized spacial score (nSPS) is 33.6. The topological polar surface area (TPSA) is 72.5 Å². The number of hydrogen-bond acceptors (Lipinski definition) is 4. The number of carboxylic acid groups (broad SMARTS) is 1. The third-order valence-electron chi connectivity index (χ3n) is 3.55. The molecule has 0 aromatic carbocycles. The van der Waals surface area contributed by atoms with E-state index in [0.717, 1.165) is 25.9 Å². The second-order valence-corrected chi connectivity index (χ2v) is 6.06. The summed E-state index contributed by atoms with van der Waals surface area (Å²) in [5.74, 6) is -0.171. The summed E-state index contributed by atoms with van der Waals surface area (Å²) in [5, 5.41) is 9.62. The van der Waals surface area contributed by atoms with E-state index in [4.69, 9.17) is 10.5 Å². The molecule has 1 heterocycles. The van der Waals surface area contributed by atoms with Crippen LogP contribution >= 0.6 is 11.8 Å². The Hall–Kier alpha value is -0.260. The first-order chi connectivity index (χ1) is 7.54. The van der Waals surface area contributed by atoms with Crippen molar-refractivity contribution in [2.24, 2.45) is 11.7 Å². The molecular weight excluding hydrogens is 226 g/mol. The van der Waals surface area contributed by atoms with E-state index in [1.54, 1.807) is 11.8 Å². The molecule has 0 bridgehead atoms. The lowest BCUT2D eigenvalue weighted by atomic mass is 9.98.